The number of hydrogen-bond acceptors (Lipinski definition) is 2. The Kier molecular flexibility index (Phi) is 3.54. The Labute approximate surface area is 115 Å². The topological polar surface area (TPSA) is 74.6 Å². The molecule has 0 saturated carbocycles. The fourth-order valence-electron chi connectivity index (χ4n) is 1.95. The molecule has 0 unspecified atom stereocenters. The standard InChI is InChI=1S/C16H10O4/c1-2-12-13(7-4-8-14(12)16(19)20)10-5-3-6-11(9-10)15(17)18/h1,3-9H,(H,17,18)(H,19,20). The monoisotopic (exact) mass is 266 g/mol. The maximum absolute atomic E-state index is 11.1. The lowest BCUT2D eigenvalue weighted by atomic mass is 9.95. The van der Waals surface area contributed by atoms with Crippen molar-refractivity contribution in [2.75, 3.05) is 0 Å². The number of carboxylic acids is 2. The van der Waals surface area contributed by atoms with Gasteiger partial charge in [0.25, 0.3) is 0 Å². The molecular weight excluding hydrogens is 256 g/mol. The Morgan fingerprint density at radius 3 is 2.30 bits per heavy atom. The summed E-state index contributed by atoms with van der Waals surface area (Å²) >= 11 is 0. The fourth-order valence-corrected chi connectivity index (χ4v) is 1.95. The van der Waals surface area contributed by atoms with Gasteiger partial charge in [-0.05, 0) is 29.3 Å². The first kappa shape index (κ1) is 13.4. The molecule has 20 heavy (non-hydrogen) atoms. The molecule has 0 radical (unpaired) electrons. The first-order valence-electron chi connectivity index (χ1n) is 5.71. The summed E-state index contributed by atoms with van der Waals surface area (Å²) in [5, 5.41) is 18.1. The van der Waals surface area contributed by atoms with E-state index in [9.17, 15) is 9.59 Å². The van der Waals surface area contributed by atoms with Crippen molar-refractivity contribution in [1.82, 2.24) is 0 Å². The van der Waals surface area contributed by atoms with Crippen molar-refractivity contribution in [2.24, 2.45) is 0 Å². The number of aromatic carboxylic acids is 2. The highest BCUT2D eigenvalue weighted by Crippen LogP contribution is 2.26. The number of carboxylic acid groups (broad SMARTS) is 2. The zero-order valence-electron chi connectivity index (χ0n) is 10.3. The summed E-state index contributed by atoms with van der Waals surface area (Å²) in [6.45, 7) is 0. The minimum atomic E-state index is -1.12. The molecular formula is C16H10O4. The maximum atomic E-state index is 11.1. The van der Waals surface area contributed by atoms with Crippen LogP contribution in [-0.4, -0.2) is 22.2 Å². The van der Waals surface area contributed by atoms with Crippen molar-refractivity contribution in [2.45, 2.75) is 0 Å². The largest absolute Gasteiger partial charge is 0.478 e. The lowest BCUT2D eigenvalue weighted by Gasteiger charge is -2.08. The summed E-state index contributed by atoms with van der Waals surface area (Å²) in [4.78, 5) is 22.1. The van der Waals surface area contributed by atoms with Crippen molar-refractivity contribution >= 4 is 11.9 Å². The highest BCUT2D eigenvalue weighted by atomic mass is 16.4. The summed E-state index contributed by atoms with van der Waals surface area (Å²) < 4.78 is 0. The molecule has 0 heterocycles. The highest BCUT2D eigenvalue weighted by molar-refractivity contribution is 5.95. The molecule has 2 aromatic rings. The molecule has 4 heteroatoms. The molecule has 2 rings (SSSR count). The van der Waals surface area contributed by atoms with E-state index in [2.05, 4.69) is 5.92 Å². The third-order valence-corrected chi connectivity index (χ3v) is 2.86. The van der Waals surface area contributed by atoms with Crippen LogP contribution in [0.2, 0.25) is 0 Å². The highest BCUT2D eigenvalue weighted by Gasteiger charge is 2.14. The summed E-state index contributed by atoms with van der Waals surface area (Å²) in [6.07, 6.45) is 5.39. The van der Waals surface area contributed by atoms with Crippen LogP contribution in [0.4, 0.5) is 0 Å². The van der Waals surface area contributed by atoms with E-state index in [1.807, 2.05) is 0 Å². The third-order valence-electron chi connectivity index (χ3n) is 2.86. The van der Waals surface area contributed by atoms with Gasteiger partial charge in [-0.3, -0.25) is 0 Å². The van der Waals surface area contributed by atoms with Gasteiger partial charge < -0.3 is 10.2 Å². The molecule has 2 N–H and O–H groups in total. The van der Waals surface area contributed by atoms with Gasteiger partial charge in [-0.2, -0.15) is 0 Å². The summed E-state index contributed by atoms with van der Waals surface area (Å²) in [5.41, 5.74) is 1.47. The van der Waals surface area contributed by atoms with E-state index in [0.717, 1.165) is 0 Å². The first-order chi connectivity index (χ1) is 9.54. The minimum Gasteiger partial charge on any atom is -0.478 e. The molecule has 0 aliphatic heterocycles. The molecule has 0 aliphatic carbocycles. The first-order valence-corrected chi connectivity index (χ1v) is 5.71. The Morgan fingerprint density at radius 1 is 1.00 bits per heavy atom. The Morgan fingerprint density at radius 2 is 1.70 bits per heavy atom. The lowest BCUT2D eigenvalue weighted by molar-refractivity contribution is 0.0685. The zero-order valence-corrected chi connectivity index (χ0v) is 10.3. The van der Waals surface area contributed by atoms with Crippen molar-refractivity contribution < 1.29 is 19.8 Å². The van der Waals surface area contributed by atoms with Crippen molar-refractivity contribution in [3.8, 4) is 23.5 Å². The van der Waals surface area contributed by atoms with Gasteiger partial charge in [0.15, 0.2) is 0 Å². The zero-order chi connectivity index (χ0) is 14.7. The van der Waals surface area contributed by atoms with Crippen LogP contribution in [0, 0.1) is 12.3 Å². The maximum Gasteiger partial charge on any atom is 0.336 e. The van der Waals surface area contributed by atoms with Crippen LogP contribution in [0.15, 0.2) is 42.5 Å². The van der Waals surface area contributed by atoms with E-state index in [1.165, 1.54) is 18.2 Å². The lowest BCUT2D eigenvalue weighted by Crippen LogP contribution is -2.02. The van der Waals surface area contributed by atoms with Crippen LogP contribution in [0.5, 0.6) is 0 Å². The van der Waals surface area contributed by atoms with Crippen LogP contribution < -0.4 is 0 Å². The van der Waals surface area contributed by atoms with Gasteiger partial charge in [0.2, 0.25) is 0 Å². The second-order valence-electron chi connectivity index (χ2n) is 4.06. The minimum absolute atomic E-state index is 0.0192. The number of terminal acetylenes is 1. The third kappa shape index (κ3) is 2.38. The van der Waals surface area contributed by atoms with E-state index in [0.29, 0.717) is 11.1 Å². The molecule has 0 fully saturated rings. The smallest absolute Gasteiger partial charge is 0.336 e. The molecule has 0 saturated heterocycles. The Hall–Kier alpha value is -3.06. The second kappa shape index (κ2) is 5.29. The molecule has 0 atom stereocenters. The van der Waals surface area contributed by atoms with Crippen molar-refractivity contribution in [3.05, 3.63) is 59.2 Å². The van der Waals surface area contributed by atoms with Gasteiger partial charge >= 0.3 is 11.9 Å². The van der Waals surface area contributed by atoms with E-state index in [-0.39, 0.29) is 16.7 Å². The van der Waals surface area contributed by atoms with Crippen LogP contribution >= 0.6 is 0 Å². The van der Waals surface area contributed by atoms with Crippen molar-refractivity contribution in [1.29, 1.82) is 0 Å². The summed E-state index contributed by atoms with van der Waals surface area (Å²) in [6, 6.07) is 10.9. The molecule has 0 aromatic heterocycles. The van der Waals surface area contributed by atoms with Gasteiger partial charge in [-0.25, -0.2) is 9.59 Å². The second-order valence-corrected chi connectivity index (χ2v) is 4.06. The molecule has 0 spiro atoms. The molecule has 0 aliphatic rings. The number of benzene rings is 2. The van der Waals surface area contributed by atoms with Gasteiger partial charge in [0, 0.05) is 5.56 Å². The van der Waals surface area contributed by atoms with Crippen LogP contribution in [0.1, 0.15) is 26.3 Å². The fraction of sp³-hybridized carbons (Fsp3) is 0. The molecule has 2 aromatic carbocycles. The number of carbonyl (C=O) groups is 2. The molecule has 0 bridgehead atoms. The van der Waals surface area contributed by atoms with E-state index >= 15 is 0 Å². The molecule has 0 amide bonds. The Balaban J connectivity index is 2.67. The van der Waals surface area contributed by atoms with Crippen molar-refractivity contribution in [3.63, 3.8) is 0 Å². The quantitative estimate of drug-likeness (QED) is 0.838. The molecule has 4 nitrogen and oxygen atoms in total. The van der Waals surface area contributed by atoms with E-state index in [1.54, 1.807) is 24.3 Å². The Bertz CT molecular complexity index is 738. The predicted octanol–water partition coefficient (Wildman–Crippen LogP) is 2.73. The van der Waals surface area contributed by atoms with E-state index < -0.39 is 11.9 Å². The van der Waals surface area contributed by atoms with Gasteiger partial charge in [-0.15, -0.1) is 6.42 Å². The predicted molar refractivity (Wildman–Crippen MR) is 73.7 cm³/mol. The van der Waals surface area contributed by atoms with E-state index in [4.69, 9.17) is 16.6 Å². The number of rotatable bonds is 3. The van der Waals surface area contributed by atoms with Crippen LogP contribution in [-0.2, 0) is 0 Å². The van der Waals surface area contributed by atoms with Crippen LogP contribution in [0.25, 0.3) is 11.1 Å². The average Bonchev–Trinajstić information content (AvgIpc) is 2.46. The summed E-state index contributed by atoms with van der Waals surface area (Å²) in [7, 11) is 0. The number of hydrogen-bond donors (Lipinski definition) is 2. The SMILES string of the molecule is C#Cc1c(C(=O)O)cccc1-c1cccc(C(=O)O)c1. The normalized spacial score (nSPS) is 9.75. The van der Waals surface area contributed by atoms with Crippen LogP contribution in [0.3, 0.4) is 0 Å². The summed E-state index contributed by atoms with van der Waals surface area (Å²) in [5.74, 6) is 0.196. The average molecular weight is 266 g/mol. The molecule has 98 valence electrons. The van der Waals surface area contributed by atoms with Gasteiger partial charge in [0.1, 0.15) is 0 Å². The van der Waals surface area contributed by atoms with Gasteiger partial charge in [0.05, 0.1) is 11.1 Å². The van der Waals surface area contributed by atoms with Gasteiger partial charge in [-0.1, -0.05) is 30.2 Å².